The number of amides is 1. The van der Waals surface area contributed by atoms with Crippen LogP contribution in [0.25, 0.3) is 0 Å². The summed E-state index contributed by atoms with van der Waals surface area (Å²) in [6.07, 6.45) is 6.23. The Labute approximate surface area is 149 Å². The van der Waals surface area contributed by atoms with Gasteiger partial charge >= 0.3 is 0 Å². The van der Waals surface area contributed by atoms with Gasteiger partial charge in [0.15, 0.2) is 0 Å². The summed E-state index contributed by atoms with van der Waals surface area (Å²) in [6, 6.07) is 6.33. The molecule has 0 saturated heterocycles. The molecule has 138 valence electrons. The topological polar surface area (TPSA) is 50.4 Å². The first-order valence-electron chi connectivity index (χ1n) is 9.45. The highest BCUT2D eigenvalue weighted by Gasteiger charge is 2.56. The number of hydrogen-bond donors (Lipinski definition) is 2. The standard InChI is InChI=1S/C20H29FN2O2/c1-3-25-18-12-17(20(18)10-4-5-11-20)23-14(2)19(24)22-13-15-6-8-16(21)9-7-15/h6-9,14,17-18,23H,3-5,10-13H2,1-2H3,(H,22,24)/t14-,17-,18+/m0/s1. The lowest BCUT2D eigenvalue weighted by atomic mass is 9.60. The molecule has 0 aromatic heterocycles. The Hall–Kier alpha value is -1.46. The fourth-order valence-electron chi connectivity index (χ4n) is 4.44. The second-order valence-electron chi connectivity index (χ2n) is 7.41. The van der Waals surface area contributed by atoms with E-state index in [2.05, 4.69) is 17.6 Å². The summed E-state index contributed by atoms with van der Waals surface area (Å²) < 4.78 is 18.9. The molecule has 0 unspecified atom stereocenters. The third-order valence-electron chi connectivity index (χ3n) is 5.91. The van der Waals surface area contributed by atoms with E-state index in [-0.39, 0.29) is 23.2 Å². The van der Waals surface area contributed by atoms with Gasteiger partial charge in [0.2, 0.25) is 5.91 Å². The van der Waals surface area contributed by atoms with Gasteiger partial charge in [-0.25, -0.2) is 4.39 Å². The summed E-state index contributed by atoms with van der Waals surface area (Å²) in [6.45, 7) is 5.14. The van der Waals surface area contributed by atoms with Gasteiger partial charge in [0, 0.05) is 24.6 Å². The minimum Gasteiger partial charge on any atom is -0.378 e. The van der Waals surface area contributed by atoms with Crippen molar-refractivity contribution in [2.45, 2.75) is 70.7 Å². The fraction of sp³-hybridized carbons (Fsp3) is 0.650. The number of ether oxygens (including phenoxy) is 1. The van der Waals surface area contributed by atoms with Gasteiger partial charge in [0.25, 0.3) is 0 Å². The van der Waals surface area contributed by atoms with Gasteiger partial charge < -0.3 is 15.4 Å². The average Bonchev–Trinajstić information content (AvgIpc) is 3.13. The van der Waals surface area contributed by atoms with Crippen molar-refractivity contribution in [2.24, 2.45) is 5.41 Å². The Kier molecular flexibility index (Phi) is 5.74. The molecule has 1 amide bonds. The third kappa shape index (κ3) is 3.87. The van der Waals surface area contributed by atoms with Crippen LogP contribution in [0.2, 0.25) is 0 Å². The normalized spacial score (nSPS) is 25.6. The molecule has 3 rings (SSSR count). The average molecular weight is 348 g/mol. The summed E-state index contributed by atoms with van der Waals surface area (Å²) in [5.41, 5.74) is 1.12. The maximum atomic E-state index is 12.9. The number of hydrogen-bond acceptors (Lipinski definition) is 3. The molecule has 2 saturated carbocycles. The molecule has 0 aliphatic heterocycles. The van der Waals surface area contributed by atoms with Gasteiger partial charge in [0.1, 0.15) is 5.82 Å². The third-order valence-corrected chi connectivity index (χ3v) is 5.91. The highest BCUT2D eigenvalue weighted by atomic mass is 19.1. The quantitative estimate of drug-likeness (QED) is 0.796. The van der Waals surface area contributed by atoms with Gasteiger partial charge in [-0.1, -0.05) is 25.0 Å². The van der Waals surface area contributed by atoms with Crippen LogP contribution in [0.4, 0.5) is 4.39 Å². The van der Waals surface area contributed by atoms with Crippen LogP contribution in [0.1, 0.15) is 51.5 Å². The van der Waals surface area contributed by atoms with E-state index >= 15 is 0 Å². The first-order chi connectivity index (χ1) is 12.0. The molecular weight excluding hydrogens is 319 g/mol. The largest absolute Gasteiger partial charge is 0.378 e. The molecule has 2 N–H and O–H groups in total. The molecule has 2 aliphatic carbocycles. The van der Waals surface area contributed by atoms with Crippen LogP contribution in [0, 0.1) is 11.2 Å². The van der Waals surface area contributed by atoms with Crippen molar-refractivity contribution < 1.29 is 13.9 Å². The van der Waals surface area contributed by atoms with E-state index in [9.17, 15) is 9.18 Å². The maximum absolute atomic E-state index is 12.9. The number of carbonyl (C=O) groups excluding carboxylic acids is 1. The van der Waals surface area contributed by atoms with Crippen molar-refractivity contribution in [1.29, 1.82) is 0 Å². The van der Waals surface area contributed by atoms with Crippen LogP contribution in [-0.2, 0) is 16.1 Å². The van der Waals surface area contributed by atoms with Crippen molar-refractivity contribution in [2.75, 3.05) is 6.61 Å². The van der Waals surface area contributed by atoms with Gasteiger partial charge in [-0.05, 0) is 50.8 Å². The number of nitrogens with one attached hydrogen (secondary N) is 2. The van der Waals surface area contributed by atoms with Gasteiger partial charge in [-0.15, -0.1) is 0 Å². The second-order valence-corrected chi connectivity index (χ2v) is 7.41. The smallest absolute Gasteiger partial charge is 0.237 e. The van der Waals surface area contributed by atoms with Crippen LogP contribution in [0.5, 0.6) is 0 Å². The van der Waals surface area contributed by atoms with Crippen molar-refractivity contribution in [3.8, 4) is 0 Å². The molecule has 1 aromatic carbocycles. The molecule has 2 fully saturated rings. The predicted octanol–water partition coefficient (Wildman–Crippen LogP) is 3.16. The van der Waals surface area contributed by atoms with E-state index in [1.54, 1.807) is 12.1 Å². The molecule has 0 bridgehead atoms. The molecule has 5 heteroatoms. The lowest BCUT2D eigenvalue weighted by molar-refractivity contribution is -0.138. The van der Waals surface area contributed by atoms with Gasteiger partial charge in [-0.2, -0.15) is 0 Å². The second kappa shape index (κ2) is 7.83. The molecule has 1 spiro atoms. The molecule has 0 radical (unpaired) electrons. The van der Waals surface area contributed by atoms with Crippen LogP contribution < -0.4 is 10.6 Å². The zero-order valence-corrected chi connectivity index (χ0v) is 15.2. The lowest BCUT2D eigenvalue weighted by Crippen LogP contribution is -2.65. The summed E-state index contributed by atoms with van der Waals surface area (Å²) >= 11 is 0. The van der Waals surface area contributed by atoms with E-state index in [0.29, 0.717) is 18.7 Å². The SMILES string of the molecule is CCO[C@@H]1C[C@H](N[C@@H](C)C(=O)NCc2ccc(F)cc2)C12CCCC2. The highest BCUT2D eigenvalue weighted by molar-refractivity contribution is 5.81. The molecule has 2 aliphatic rings. The monoisotopic (exact) mass is 348 g/mol. The lowest BCUT2D eigenvalue weighted by Gasteiger charge is -2.55. The summed E-state index contributed by atoms with van der Waals surface area (Å²) in [4.78, 5) is 12.4. The minimum atomic E-state index is -0.263. The summed E-state index contributed by atoms with van der Waals surface area (Å²) in [7, 11) is 0. The minimum absolute atomic E-state index is 0.0164. The van der Waals surface area contributed by atoms with E-state index in [1.807, 2.05) is 6.92 Å². The van der Waals surface area contributed by atoms with Gasteiger partial charge in [-0.3, -0.25) is 4.79 Å². The van der Waals surface area contributed by atoms with Crippen LogP contribution >= 0.6 is 0 Å². The number of rotatable bonds is 7. The van der Waals surface area contributed by atoms with Crippen molar-refractivity contribution in [1.82, 2.24) is 10.6 Å². The number of benzene rings is 1. The molecular formula is C20H29FN2O2. The first-order valence-corrected chi connectivity index (χ1v) is 9.45. The van der Waals surface area contributed by atoms with E-state index in [1.165, 1.54) is 37.8 Å². The Morgan fingerprint density at radius 2 is 2.00 bits per heavy atom. The van der Waals surface area contributed by atoms with Crippen molar-refractivity contribution >= 4 is 5.91 Å². The van der Waals surface area contributed by atoms with Crippen molar-refractivity contribution in [3.63, 3.8) is 0 Å². The molecule has 3 atom stereocenters. The van der Waals surface area contributed by atoms with E-state index in [0.717, 1.165) is 18.6 Å². The molecule has 0 heterocycles. The Balaban J connectivity index is 1.50. The van der Waals surface area contributed by atoms with Crippen LogP contribution in [0.3, 0.4) is 0 Å². The summed E-state index contributed by atoms with van der Waals surface area (Å²) in [5, 5.41) is 6.46. The predicted molar refractivity (Wildman–Crippen MR) is 95.6 cm³/mol. The fourth-order valence-corrected chi connectivity index (χ4v) is 4.44. The maximum Gasteiger partial charge on any atom is 0.237 e. The van der Waals surface area contributed by atoms with E-state index in [4.69, 9.17) is 4.74 Å². The zero-order valence-electron chi connectivity index (χ0n) is 15.2. The first kappa shape index (κ1) is 18.3. The van der Waals surface area contributed by atoms with Gasteiger partial charge in [0.05, 0.1) is 12.1 Å². The molecule has 4 nitrogen and oxygen atoms in total. The Bertz CT molecular complexity index is 584. The highest BCUT2D eigenvalue weighted by Crippen LogP contribution is 2.54. The number of carbonyl (C=O) groups is 1. The number of halogens is 1. The molecule has 1 aromatic rings. The van der Waals surface area contributed by atoms with E-state index < -0.39 is 0 Å². The van der Waals surface area contributed by atoms with Crippen LogP contribution in [-0.4, -0.2) is 30.7 Å². The van der Waals surface area contributed by atoms with Crippen LogP contribution in [0.15, 0.2) is 24.3 Å². The summed E-state index contributed by atoms with van der Waals surface area (Å²) in [5.74, 6) is -0.279. The zero-order chi connectivity index (χ0) is 17.9. The Morgan fingerprint density at radius 3 is 2.64 bits per heavy atom. The molecule has 25 heavy (non-hydrogen) atoms. The van der Waals surface area contributed by atoms with Crippen molar-refractivity contribution in [3.05, 3.63) is 35.6 Å². The Morgan fingerprint density at radius 1 is 1.32 bits per heavy atom.